The van der Waals surface area contributed by atoms with Crippen molar-refractivity contribution in [2.75, 3.05) is 13.2 Å². The number of benzene rings is 3. The van der Waals surface area contributed by atoms with Crippen molar-refractivity contribution in [1.82, 2.24) is 0 Å². The van der Waals surface area contributed by atoms with Crippen LogP contribution in [0.25, 0.3) is 11.3 Å². The second-order valence-electron chi connectivity index (χ2n) is 9.95. The molecule has 0 amide bonds. The number of hydrogen-bond donors (Lipinski definition) is 0. The molecule has 0 radical (unpaired) electrons. The highest BCUT2D eigenvalue weighted by Crippen LogP contribution is 2.44. The van der Waals surface area contributed by atoms with E-state index in [1.165, 1.54) is 12.8 Å². The third-order valence-corrected chi connectivity index (χ3v) is 6.93. The maximum atomic E-state index is 6.58. The Morgan fingerprint density at radius 2 is 1.38 bits per heavy atom. The SMILES string of the molecule is CCCCCCO[C@H]1O[C@H](COCc2ccccc2)[C@H](OCc2ccccc2)c2oc(-c3ccccc3)cc21. The van der Waals surface area contributed by atoms with E-state index in [0.29, 0.717) is 26.4 Å². The van der Waals surface area contributed by atoms with Gasteiger partial charge in [0.2, 0.25) is 0 Å². The summed E-state index contributed by atoms with van der Waals surface area (Å²) in [5.74, 6) is 1.53. The molecule has 0 aliphatic carbocycles. The second-order valence-corrected chi connectivity index (χ2v) is 9.95. The van der Waals surface area contributed by atoms with Crippen LogP contribution in [-0.2, 0) is 32.2 Å². The largest absolute Gasteiger partial charge is 0.458 e. The predicted molar refractivity (Wildman–Crippen MR) is 152 cm³/mol. The first-order valence-corrected chi connectivity index (χ1v) is 14.0. The number of rotatable bonds is 14. The molecule has 0 saturated carbocycles. The van der Waals surface area contributed by atoms with E-state index >= 15 is 0 Å². The molecule has 5 nitrogen and oxygen atoms in total. The molecule has 4 aromatic rings. The zero-order chi connectivity index (χ0) is 26.7. The Kier molecular flexibility index (Phi) is 9.99. The molecule has 39 heavy (non-hydrogen) atoms. The fourth-order valence-corrected chi connectivity index (χ4v) is 4.83. The van der Waals surface area contributed by atoms with Crippen LogP contribution < -0.4 is 0 Å². The summed E-state index contributed by atoms with van der Waals surface area (Å²) in [5, 5.41) is 0. The van der Waals surface area contributed by atoms with Crippen LogP contribution in [0.4, 0.5) is 0 Å². The maximum Gasteiger partial charge on any atom is 0.187 e. The van der Waals surface area contributed by atoms with Crippen molar-refractivity contribution >= 4 is 0 Å². The van der Waals surface area contributed by atoms with Gasteiger partial charge in [-0.2, -0.15) is 0 Å². The molecule has 2 heterocycles. The van der Waals surface area contributed by atoms with Crippen molar-refractivity contribution in [2.45, 2.75) is 64.3 Å². The van der Waals surface area contributed by atoms with E-state index < -0.39 is 12.4 Å². The van der Waals surface area contributed by atoms with E-state index in [4.69, 9.17) is 23.4 Å². The highest BCUT2D eigenvalue weighted by Gasteiger charge is 2.41. The molecule has 0 saturated heterocycles. The van der Waals surface area contributed by atoms with Gasteiger partial charge in [-0.1, -0.05) is 117 Å². The summed E-state index contributed by atoms with van der Waals surface area (Å²) in [7, 11) is 0. The zero-order valence-electron chi connectivity index (χ0n) is 22.7. The number of ether oxygens (including phenoxy) is 4. The lowest BCUT2D eigenvalue weighted by Gasteiger charge is -2.35. The van der Waals surface area contributed by atoms with Gasteiger partial charge >= 0.3 is 0 Å². The molecule has 0 fully saturated rings. The number of fused-ring (bicyclic) bond motifs is 1. The highest BCUT2D eigenvalue weighted by molar-refractivity contribution is 5.59. The molecule has 0 spiro atoms. The zero-order valence-corrected chi connectivity index (χ0v) is 22.7. The summed E-state index contributed by atoms with van der Waals surface area (Å²) in [6, 6.07) is 32.5. The summed E-state index contributed by atoms with van der Waals surface area (Å²) in [6.45, 7) is 4.12. The Hall–Kier alpha value is -3.22. The van der Waals surface area contributed by atoms with Crippen LogP contribution in [0.15, 0.2) is 101 Å². The fraction of sp³-hybridized carbons (Fsp3) is 0.353. The van der Waals surface area contributed by atoms with Gasteiger partial charge in [-0.25, -0.2) is 0 Å². The minimum atomic E-state index is -0.537. The summed E-state index contributed by atoms with van der Waals surface area (Å²) < 4.78 is 32.1. The molecule has 3 atom stereocenters. The molecule has 204 valence electrons. The lowest BCUT2D eigenvalue weighted by molar-refractivity contribution is -0.235. The molecule has 5 rings (SSSR count). The summed E-state index contributed by atoms with van der Waals surface area (Å²) >= 11 is 0. The van der Waals surface area contributed by atoms with Gasteiger partial charge in [-0.05, 0) is 23.6 Å². The van der Waals surface area contributed by atoms with Crippen LogP contribution in [0.3, 0.4) is 0 Å². The van der Waals surface area contributed by atoms with E-state index in [1.54, 1.807) is 0 Å². The van der Waals surface area contributed by atoms with Crippen molar-refractivity contribution in [2.24, 2.45) is 0 Å². The first-order valence-electron chi connectivity index (χ1n) is 14.0. The van der Waals surface area contributed by atoms with Gasteiger partial charge in [0.25, 0.3) is 0 Å². The van der Waals surface area contributed by atoms with Gasteiger partial charge in [0.1, 0.15) is 23.7 Å². The van der Waals surface area contributed by atoms with Crippen LogP contribution in [0, 0.1) is 0 Å². The molecule has 1 aliphatic rings. The van der Waals surface area contributed by atoms with Crippen molar-refractivity contribution in [3.05, 3.63) is 120 Å². The minimum Gasteiger partial charge on any atom is -0.458 e. The van der Waals surface area contributed by atoms with Crippen LogP contribution in [0.5, 0.6) is 0 Å². The molecular weight excluding hydrogens is 488 g/mol. The van der Waals surface area contributed by atoms with Gasteiger partial charge in [0.05, 0.1) is 32.0 Å². The summed E-state index contributed by atoms with van der Waals surface area (Å²) in [4.78, 5) is 0. The Labute approximate surface area is 231 Å². The smallest absolute Gasteiger partial charge is 0.187 e. The first kappa shape index (κ1) is 27.4. The van der Waals surface area contributed by atoms with Crippen LogP contribution in [0.1, 0.15) is 67.5 Å². The molecule has 0 unspecified atom stereocenters. The van der Waals surface area contributed by atoms with Crippen LogP contribution in [-0.4, -0.2) is 19.3 Å². The number of hydrogen-bond acceptors (Lipinski definition) is 5. The van der Waals surface area contributed by atoms with Crippen molar-refractivity contribution in [1.29, 1.82) is 0 Å². The summed E-state index contributed by atoms with van der Waals surface area (Å²) in [5.41, 5.74) is 4.10. The Morgan fingerprint density at radius 3 is 2.08 bits per heavy atom. The third-order valence-electron chi connectivity index (χ3n) is 6.93. The van der Waals surface area contributed by atoms with Gasteiger partial charge in [-0.3, -0.25) is 0 Å². The molecule has 3 aromatic carbocycles. The van der Waals surface area contributed by atoms with E-state index in [1.807, 2.05) is 72.8 Å². The number of furan rings is 1. The molecule has 1 aromatic heterocycles. The second kappa shape index (κ2) is 14.2. The number of unbranched alkanes of at least 4 members (excludes halogenated alkanes) is 3. The lowest BCUT2D eigenvalue weighted by atomic mass is 10.0. The Balaban J connectivity index is 1.39. The lowest BCUT2D eigenvalue weighted by Crippen LogP contribution is -2.36. The van der Waals surface area contributed by atoms with E-state index in [-0.39, 0.29) is 6.10 Å². The van der Waals surface area contributed by atoms with Crippen LogP contribution in [0.2, 0.25) is 0 Å². The average molecular weight is 527 g/mol. The topological polar surface area (TPSA) is 50.1 Å². The normalized spacial score (nSPS) is 18.6. The molecule has 5 heteroatoms. The van der Waals surface area contributed by atoms with Crippen LogP contribution >= 0.6 is 0 Å². The predicted octanol–water partition coefficient (Wildman–Crippen LogP) is 8.42. The van der Waals surface area contributed by atoms with Gasteiger partial charge in [0, 0.05) is 5.56 Å². The molecular formula is C34H38O5. The minimum absolute atomic E-state index is 0.352. The van der Waals surface area contributed by atoms with Gasteiger partial charge < -0.3 is 23.4 Å². The quantitative estimate of drug-likeness (QED) is 0.154. The van der Waals surface area contributed by atoms with Crippen molar-refractivity contribution in [3.8, 4) is 11.3 Å². The van der Waals surface area contributed by atoms with Crippen molar-refractivity contribution < 1.29 is 23.4 Å². The average Bonchev–Trinajstić information content (AvgIpc) is 3.44. The van der Waals surface area contributed by atoms with E-state index in [2.05, 4.69) is 31.2 Å². The maximum absolute atomic E-state index is 6.58. The van der Waals surface area contributed by atoms with E-state index in [0.717, 1.165) is 46.6 Å². The molecule has 1 aliphatic heterocycles. The van der Waals surface area contributed by atoms with Crippen molar-refractivity contribution in [3.63, 3.8) is 0 Å². The van der Waals surface area contributed by atoms with Gasteiger partial charge in [-0.15, -0.1) is 0 Å². The Bertz CT molecular complexity index is 1240. The standard InChI is InChI=1S/C34H38O5/c1-2-3-4-14-21-36-34-29-22-30(28-19-12-7-13-20-28)38-32(29)33(37-24-27-17-10-6-11-18-27)31(39-34)25-35-23-26-15-8-5-9-16-26/h5-13,15-20,22,31,33-34H,2-4,14,21,23-25H2,1H3/t31-,33+,34+/m1/s1. The molecule has 0 N–H and O–H groups in total. The highest BCUT2D eigenvalue weighted by atomic mass is 16.7. The first-order chi connectivity index (χ1) is 19.3. The monoisotopic (exact) mass is 526 g/mol. The third kappa shape index (κ3) is 7.46. The molecule has 0 bridgehead atoms. The van der Waals surface area contributed by atoms with Gasteiger partial charge in [0.15, 0.2) is 6.29 Å². The van der Waals surface area contributed by atoms with E-state index in [9.17, 15) is 0 Å². The summed E-state index contributed by atoms with van der Waals surface area (Å²) in [6.07, 6.45) is 3.17. The Morgan fingerprint density at radius 1 is 0.718 bits per heavy atom. The fourth-order valence-electron chi connectivity index (χ4n) is 4.83.